The molecule has 0 amide bonds. The smallest absolute Gasteiger partial charge is 0.338 e. The van der Waals surface area contributed by atoms with Crippen molar-refractivity contribution in [3.8, 4) is 0 Å². The molecule has 1 saturated heterocycles. The highest BCUT2D eigenvalue weighted by molar-refractivity contribution is 5.89. The zero-order chi connectivity index (χ0) is 34.4. The standard InChI is InChI=1S/C36H49NO11/c1-8-37-17-33(18-42-4)23(46-19(2)38)14-24(43-5)36-22-15-34(41)25(44-6)16-35(48-20(3)39,27(30(36)37)28(45-7)29(33)36)26(22)31(34)47-32(40)21-12-10-9-11-13-21/h9-13,22-31,41H,8,14-18H2,1-7H3/t22-,23?,24?,25+,26-,27?,28?,29-,30-,31?,33?,34+,35-,36?/m1/s1. The third kappa shape index (κ3) is 4.13. The quantitative estimate of drug-likeness (QED) is 0.288. The van der Waals surface area contributed by atoms with Crippen LogP contribution in [0.15, 0.2) is 30.3 Å². The summed E-state index contributed by atoms with van der Waals surface area (Å²) >= 11 is 0. The number of piperidine rings is 1. The van der Waals surface area contributed by atoms with Crippen LogP contribution in [0.1, 0.15) is 50.4 Å². The Morgan fingerprint density at radius 1 is 0.896 bits per heavy atom. The van der Waals surface area contributed by atoms with Crippen molar-refractivity contribution < 1.29 is 52.6 Å². The van der Waals surface area contributed by atoms with Gasteiger partial charge in [-0.1, -0.05) is 25.1 Å². The van der Waals surface area contributed by atoms with E-state index < -0.39 is 76.3 Å². The molecular weight excluding hydrogens is 622 g/mol. The first kappa shape index (κ1) is 33.9. The molecule has 1 aliphatic heterocycles. The number of esters is 3. The Morgan fingerprint density at radius 3 is 2.19 bits per heavy atom. The molecule has 6 aliphatic rings. The predicted molar refractivity (Wildman–Crippen MR) is 169 cm³/mol. The molecule has 1 heterocycles. The van der Waals surface area contributed by atoms with E-state index in [2.05, 4.69) is 11.8 Å². The molecule has 14 atom stereocenters. The Morgan fingerprint density at radius 2 is 1.60 bits per heavy atom. The number of aliphatic hydroxyl groups is 1. The van der Waals surface area contributed by atoms with E-state index in [4.69, 9.17) is 33.2 Å². The largest absolute Gasteiger partial charge is 0.462 e. The molecular formula is C36H49NO11. The third-order valence-corrected chi connectivity index (χ3v) is 13.4. The summed E-state index contributed by atoms with van der Waals surface area (Å²) in [6.07, 6.45) is -2.50. The number of carbonyl (C=O) groups excluding carboxylic acids is 3. The molecule has 5 aliphatic carbocycles. The van der Waals surface area contributed by atoms with Gasteiger partial charge in [-0.05, 0) is 31.0 Å². The predicted octanol–water partition coefficient (Wildman–Crippen LogP) is 2.25. The van der Waals surface area contributed by atoms with Crippen molar-refractivity contribution in [2.24, 2.45) is 34.5 Å². The summed E-state index contributed by atoms with van der Waals surface area (Å²) in [6, 6.07) is 8.50. The molecule has 12 nitrogen and oxygen atoms in total. The number of rotatable bonds is 10. The second-order valence-electron chi connectivity index (χ2n) is 14.9. The Balaban J connectivity index is 1.51. The maximum atomic E-state index is 13.8. The summed E-state index contributed by atoms with van der Waals surface area (Å²) < 4.78 is 44.4. The summed E-state index contributed by atoms with van der Waals surface area (Å²) in [5.41, 5.74) is -3.87. The second kappa shape index (κ2) is 11.7. The van der Waals surface area contributed by atoms with Gasteiger partial charge in [-0.2, -0.15) is 0 Å². The van der Waals surface area contributed by atoms with Crippen LogP contribution in [0.4, 0.5) is 0 Å². The third-order valence-electron chi connectivity index (χ3n) is 13.4. The van der Waals surface area contributed by atoms with Crippen molar-refractivity contribution in [1.29, 1.82) is 0 Å². The summed E-state index contributed by atoms with van der Waals surface area (Å²) in [5.74, 6) is -3.11. The van der Waals surface area contributed by atoms with Crippen molar-refractivity contribution >= 4 is 17.9 Å². The fourth-order valence-corrected chi connectivity index (χ4v) is 12.6. The first-order chi connectivity index (χ1) is 22.9. The lowest BCUT2D eigenvalue weighted by atomic mass is 9.42. The molecule has 0 radical (unpaired) electrons. The highest BCUT2D eigenvalue weighted by atomic mass is 16.6. The zero-order valence-electron chi connectivity index (χ0n) is 28.9. The minimum Gasteiger partial charge on any atom is -0.462 e. The number of hydrogen-bond acceptors (Lipinski definition) is 12. The zero-order valence-corrected chi connectivity index (χ0v) is 28.9. The van der Waals surface area contributed by atoms with E-state index in [1.165, 1.54) is 21.0 Å². The number of hydrogen-bond donors (Lipinski definition) is 1. The summed E-state index contributed by atoms with van der Waals surface area (Å²) in [6.45, 7) is 6.43. The van der Waals surface area contributed by atoms with Crippen LogP contribution in [0.5, 0.6) is 0 Å². The molecule has 6 fully saturated rings. The van der Waals surface area contributed by atoms with E-state index in [9.17, 15) is 19.5 Å². The Kier molecular flexibility index (Phi) is 8.28. The minimum atomic E-state index is -1.58. The number of methoxy groups -OCH3 is 4. The van der Waals surface area contributed by atoms with Crippen molar-refractivity contribution in [2.45, 2.75) is 87.8 Å². The molecule has 264 valence electrons. The second-order valence-corrected chi connectivity index (χ2v) is 14.9. The maximum Gasteiger partial charge on any atom is 0.338 e. The Labute approximate surface area is 281 Å². The van der Waals surface area contributed by atoms with Gasteiger partial charge < -0.3 is 38.3 Å². The average Bonchev–Trinajstić information content (AvgIpc) is 3.43. The van der Waals surface area contributed by atoms with Crippen molar-refractivity contribution in [3.63, 3.8) is 0 Å². The number of ether oxygens (including phenoxy) is 7. The monoisotopic (exact) mass is 671 g/mol. The number of nitrogens with zero attached hydrogens (tertiary/aromatic N) is 1. The first-order valence-electron chi connectivity index (χ1n) is 17.1. The van der Waals surface area contributed by atoms with E-state index in [1.54, 1.807) is 45.6 Å². The van der Waals surface area contributed by atoms with Crippen LogP contribution in [0, 0.1) is 34.5 Å². The van der Waals surface area contributed by atoms with Gasteiger partial charge >= 0.3 is 17.9 Å². The van der Waals surface area contributed by atoms with Gasteiger partial charge in [0.25, 0.3) is 0 Å². The van der Waals surface area contributed by atoms with Gasteiger partial charge in [-0.25, -0.2) is 4.79 Å². The average molecular weight is 672 g/mol. The van der Waals surface area contributed by atoms with Gasteiger partial charge in [-0.3, -0.25) is 14.5 Å². The highest BCUT2D eigenvalue weighted by Crippen LogP contribution is 2.80. The number of carbonyl (C=O) groups is 3. The van der Waals surface area contributed by atoms with Crippen LogP contribution in [0.2, 0.25) is 0 Å². The topological polar surface area (TPSA) is 139 Å². The molecule has 1 N–H and O–H groups in total. The highest BCUT2D eigenvalue weighted by Gasteiger charge is 2.91. The van der Waals surface area contributed by atoms with Gasteiger partial charge in [0.2, 0.25) is 0 Å². The van der Waals surface area contributed by atoms with Crippen LogP contribution >= 0.6 is 0 Å². The van der Waals surface area contributed by atoms with E-state index in [1.807, 2.05) is 6.07 Å². The van der Waals surface area contributed by atoms with Gasteiger partial charge in [0.1, 0.15) is 23.4 Å². The normalized spacial score (nSPS) is 46.6. The van der Waals surface area contributed by atoms with Crippen LogP contribution < -0.4 is 0 Å². The lowest BCUT2D eigenvalue weighted by molar-refractivity contribution is -0.301. The van der Waals surface area contributed by atoms with E-state index >= 15 is 0 Å². The van der Waals surface area contributed by atoms with Crippen LogP contribution in [-0.2, 0) is 42.7 Å². The molecule has 0 aromatic heterocycles. The summed E-state index contributed by atoms with van der Waals surface area (Å²) in [7, 11) is 6.56. The fraction of sp³-hybridized carbons (Fsp3) is 0.750. The molecule has 1 aromatic carbocycles. The number of benzene rings is 1. The van der Waals surface area contributed by atoms with Gasteiger partial charge in [0.05, 0.1) is 30.5 Å². The van der Waals surface area contributed by atoms with Crippen LogP contribution in [0.3, 0.4) is 0 Å². The van der Waals surface area contributed by atoms with Gasteiger partial charge in [0.15, 0.2) is 0 Å². The molecule has 5 saturated carbocycles. The van der Waals surface area contributed by atoms with Crippen molar-refractivity contribution in [1.82, 2.24) is 4.90 Å². The lowest BCUT2D eigenvalue weighted by Gasteiger charge is -2.70. The van der Waals surface area contributed by atoms with Crippen LogP contribution in [-0.4, -0.2) is 124 Å². The van der Waals surface area contributed by atoms with E-state index in [-0.39, 0.29) is 36.7 Å². The lowest BCUT2D eigenvalue weighted by Crippen LogP contribution is -2.79. The SMILES string of the molecule is CCN1CC2(COC)C(OC(C)=O)CC(OC)C34[C@@H]5C[C@@]6(O)C(OC(=O)c7ccccc7)[C@@H]5[C@](OC(C)=O)(C[C@@H]6OC)C(C(OC)[C@H]23)[C@@H]14. The molecule has 1 spiro atoms. The molecule has 7 bridgehead atoms. The molecule has 48 heavy (non-hydrogen) atoms. The minimum absolute atomic E-state index is 0.198. The number of likely N-dealkylation sites (tertiary alicyclic amines) is 1. The van der Waals surface area contributed by atoms with Crippen molar-refractivity contribution in [3.05, 3.63) is 35.9 Å². The van der Waals surface area contributed by atoms with Crippen LogP contribution in [0.25, 0.3) is 0 Å². The molecule has 7 unspecified atom stereocenters. The fourth-order valence-electron chi connectivity index (χ4n) is 12.6. The maximum absolute atomic E-state index is 13.8. The molecule has 12 heteroatoms. The van der Waals surface area contributed by atoms with Crippen molar-refractivity contribution in [2.75, 3.05) is 48.1 Å². The Hall–Kier alpha value is -2.61. The van der Waals surface area contributed by atoms with E-state index in [0.717, 1.165) is 0 Å². The summed E-state index contributed by atoms with van der Waals surface area (Å²) in [4.78, 5) is 42.2. The first-order valence-corrected chi connectivity index (χ1v) is 17.1. The summed E-state index contributed by atoms with van der Waals surface area (Å²) in [5, 5.41) is 12.8. The van der Waals surface area contributed by atoms with Gasteiger partial charge in [-0.15, -0.1) is 0 Å². The molecule has 1 aromatic rings. The number of fused-ring (bicyclic) bond motifs is 2. The van der Waals surface area contributed by atoms with E-state index in [0.29, 0.717) is 31.7 Å². The molecule has 7 rings (SSSR count). The van der Waals surface area contributed by atoms with Gasteiger partial charge in [0, 0.05) is 96.3 Å². The Bertz CT molecular complexity index is 1440.